The lowest BCUT2D eigenvalue weighted by molar-refractivity contribution is 0.757. The average Bonchev–Trinajstić information content (AvgIpc) is 2.53. The van der Waals surface area contributed by atoms with E-state index in [1.807, 2.05) is 30.5 Å². The Labute approximate surface area is 127 Å². The summed E-state index contributed by atoms with van der Waals surface area (Å²) in [7, 11) is 2.07. The smallest absolute Gasteiger partial charge is 0.225 e. The molecule has 0 saturated heterocycles. The fourth-order valence-electron chi connectivity index (χ4n) is 2.16. The van der Waals surface area contributed by atoms with Gasteiger partial charge in [-0.25, -0.2) is 4.98 Å². The summed E-state index contributed by atoms with van der Waals surface area (Å²) in [6, 6.07) is 12.5. The minimum absolute atomic E-state index is 0.183. The van der Waals surface area contributed by atoms with Gasteiger partial charge in [-0.1, -0.05) is 43.7 Å². The molecule has 1 atom stereocenters. The fourth-order valence-corrected chi connectivity index (χ4v) is 2.16. The van der Waals surface area contributed by atoms with Gasteiger partial charge in [0.15, 0.2) is 0 Å². The first kappa shape index (κ1) is 15.3. The Morgan fingerprint density at radius 1 is 1.19 bits per heavy atom. The number of anilines is 2. The van der Waals surface area contributed by atoms with Crippen LogP contribution in [-0.2, 0) is 0 Å². The highest BCUT2D eigenvalue weighted by Gasteiger charge is 2.08. The summed E-state index contributed by atoms with van der Waals surface area (Å²) >= 11 is 0. The lowest BCUT2D eigenvalue weighted by Gasteiger charge is -2.19. The second-order valence-electron chi connectivity index (χ2n) is 5.29. The van der Waals surface area contributed by atoms with Crippen molar-refractivity contribution in [1.82, 2.24) is 9.97 Å². The Balaban J connectivity index is 2.04. The van der Waals surface area contributed by atoms with Crippen LogP contribution in [0.2, 0.25) is 0 Å². The van der Waals surface area contributed by atoms with Crippen LogP contribution in [0.1, 0.15) is 38.3 Å². The molecule has 0 aliphatic rings. The summed E-state index contributed by atoms with van der Waals surface area (Å²) in [4.78, 5) is 11.1. The predicted molar refractivity (Wildman–Crippen MR) is 88.7 cm³/mol. The van der Waals surface area contributed by atoms with E-state index in [4.69, 9.17) is 0 Å². The van der Waals surface area contributed by atoms with Gasteiger partial charge in [0.05, 0.1) is 6.04 Å². The number of unbranched alkanes of at least 4 members (excludes halogenated alkanes) is 1. The molecule has 0 amide bonds. The number of benzene rings is 1. The third-order valence-electron chi connectivity index (χ3n) is 3.52. The molecule has 1 unspecified atom stereocenters. The van der Waals surface area contributed by atoms with E-state index in [-0.39, 0.29) is 6.04 Å². The Hall–Kier alpha value is -2.10. The monoisotopic (exact) mass is 284 g/mol. The maximum absolute atomic E-state index is 4.59. The van der Waals surface area contributed by atoms with Crippen molar-refractivity contribution in [2.24, 2.45) is 0 Å². The zero-order valence-electron chi connectivity index (χ0n) is 13.1. The van der Waals surface area contributed by atoms with E-state index in [0.29, 0.717) is 5.95 Å². The van der Waals surface area contributed by atoms with E-state index in [0.717, 1.165) is 12.4 Å². The van der Waals surface area contributed by atoms with Gasteiger partial charge < -0.3 is 10.2 Å². The molecule has 21 heavy (non-hydrogen) atoms. The second kappa shape index (κ2) is 7.62. The first-order valence-corrected chi connectivity index (χ1v) is 7.56. The molecule has 1 aromatic carbocycles. The normalized spacial score (nSPS) is 12.0. The lowest BCUT2D eigenvalue weighted by Crippen LogP contribution is -2.20. The summed E-state index contributed by atoms with van der Waals surface area (Å²) in [6.45, 7) is 5.33. The van der Waals surface area contributed by atoms with Gasteiger partial charge >= 0.3 is 0 Å². The molecular weight excluding hydrogens is 260 g/mol. The highest BCUT2D eigenvalue weighted by molar-refractivity contribution is 5.42. The number of hydrogen-bond donors (Lipinski definition) is 1. The number of aromatic nitrogens is 2. The summed E-state index contributed by atoms with van der Waals surface area (Å²) in [5, 5.41) is 3.36. The molecule has 4 heteroatoms. The van der Waals surface area contributed by atoms with Crippen molar-refractivity contribution in [3.8, 4) is 0 Å². The summed E-state index contributed by atoms with van der Waals surface area (Å²) in [6.07, 6.45) is 4.17. The van der Waals surface area contributed by atoms with E-state index in [1.54, 1.807) is 0 Å². The van der Waals surface area contributed by atoms with Gasteiger partial charge in [-0.15, -0.1) is 0 Å². The molecule has 1 aromatic heterocycles. The fraction of sp³-hybridized carbons (Fsp3) is 0.412. The van der Waals surface area contributed by atoms with Gasteiger partial charge in [-0.3, -0.25) is 0 Å². The topological polar surface area (TPSA) is 41.1 Å². The highest BCUT2D eigenvalue weighted by atomic mass is 15.2. The van der Waals surface area contributed by atoms with Crippen LogP contribution in [0, 0.1) is 0 Å². The molecule has 1 N–H and O–H groups in total. The second-order valence-corrected chi connectivity index (χ2v) is 5.29. The molecule has 0 aliphatic carbocycles. The van der Waals surface area contributed by atoms with E-state index in [2.05, 4.69) is 53.2 Å². The molecule has 0 saturated carbocycles. The molecule has 2 aromatic rings. The molecule has 0 radical (unpaired) electrons. The number of nitrogens with one attached hydrogen (secondary N) is 1. The maximum Gasteiger partial charge on any atom is 0.225 e. The third kappa shape index (κ3) is 4.45. The van der Waals surface area contributed by atoms with Crippen LogP contribution in [0.25, 0.3) is 0 Å². The van der Waals surface area contributed by atoms with Gasteiger partial charge in [-0.2, -0.15) is 4.98 Å². The van der Waals surface area contributed by atoms with Crippen molar-refractivity contribution < 1.29 is 0 Å². The lowest BCUT2D eigenvalue weighted by atomic mass is 10.1. The average molecular weight is 284 g/mol. The van der Waals surface area contributed by atoms with Crippen molar-refractivity contribution >= 4 is 11.8 Å². The highest BCUT2D eigenvalue weighted by Crippen LogP contribution is 2.18. The largest absolute Gasteiger partial charge is 0.360 e. The van der Waals surface area contributed by atoms with Crippen molar-refractivity contribution in [1.29, 1.82) is 0 Å². The molecule has 4 nitrogen and oxygen atoms in total. The predicted octanol–water partition coefficient (Wildman–Crippen LogP) is 3.89. The molecule has 112 valence electrons. The Morgan fingerprint density at radius 3 is 2.67 bits per heavy atom. The Bertz CT molecular complexity index is 541. The third-order valence-corrected chi connectivity index (χ3v) is 3.52. The van der Waals surface area contributed by atoms with Crippen molar-refractivity contribution in [3.05, 3.63) is 48.2 Å². The first-order chi connectivity index (χ1) is 10.2. The quantitative estimate of drug-likeness (QED) is 0.837. The summed E-state index contributed by atoms with van der Waals surface area (Å²) < 4.78 is 0. The minimum atomic E-state index is 0.183. The van der Waals surface area contributed by atoms with Gasteiger partial charge in [0.25, 0.3) is 0 Å². The van der Waals surface area contributed by atoms with Crippen molar-refractivity contribution in [2.75, 3.05) is 23.8 Å². The Morgan fingerprint density at radius 2 is 1.95 bits per heavy atom. The van der Waals surface area contributed by atoms with Crippen LogP contribution in [0.5, 0.6) is 0 Å². The SMILES string of the molecule is CCCCN(C)c1ccnc(NC(C)c2ccccc2)n1. The van der Waals surface area contributed by atoms with E-state index >= 15 is 0 Å². The van der Waals surface area contributed by atoms with E-state index in [1.165, 1.54) is 18.4 Å². The van der Waals surface area contributed by atoms with Gasteiger partial charge in [0, 0.05) is 19.8 Å². The Kier molecular flexibility index (Phi) is 5.55. The van der Waals surface area contributed by atoms with Crippen LogP contribution in [0.15, 0.2) is 42.6 Å². The maximum atomic E-state index is 4.59. The van der Waals surface area contributed by atoms with Crippen LogP contribution in [0.4, 0.5) is 11.8 Å². The molecule has 0 bridgehead atoms. The van der Waals surface area contributed by atoms with Crippen LogP contribution >= 0.6 is 0 Å². The summed E-state index contributed by atoms with van der Waals surface area (Å²) in [5.74, 6) is 1.63. The van der Waals surface area contributed by atoms with Crippen LogP contribution in [0.3, 0.4) is 0 Å². The zero-order valence-corrected chi connectivity index (χ0v) is 13.1. The van der Waals surface area contributed by atoms with Crippen molar-refractivity contribution in [3.63, 3.8) is 0 Å². The zero-order chi connectivity index (χ0) is 15.1. The standard InChI is InChI=1S/C17H24N4/c1-4-5-13-21(3)16-11-12-18-17(20-16)19-14(2)15-9-7-6-8-10-15/h6-12,14H,4-5,13H2,1-3H3,(H,18,19,20). The van der Waals surface area contributed by atoms with E-state index in [9.17, 15) is 0 Å². The summed E-state index contributed by atoms with van der Waals surface area (Å²) in [5.41, 5.74) is 1.23. The molecule has 2 rings (SSSR count). The number of hydrogen-bond acceptors (Lipinski definition) is 4. The minimum Gasteiger partial charge on any atom is -0.360 e. The van der Waals surface area contributed by atoms with Crippen LogP contribution in [-0.4, -0.2) is 23.6 Å². The number of rotatable bonds is 7. The molecule has 1 heterocycles. The van der Waals surface area contributed by atoms with Gasteiger partial charge in [0.2, 0.25) is 5.95 Å². The number of nitrogens with zero attached hydrogens (tertiary/aromatic N) is 3. The molecular formula is C17H24N4. The molecule has 0 spiro atoms. The molecule has 0 aliphatic heterocycles. The van der Waals surface area contributed by atoms with Crippen LogP contribution < -0.4 is 10.2 Å². The molecule has 0 fully saturated rings. The first-order valence-electron chi connectivity index (χ1n) is 7.56. The van der Waals surface area contributed by atoms with Crippen molar-refractivity contribution in [2.45, 2.75) is 32.7 Å². The van der Waals surface area contributed by atoms with Gasteiger partial charge in [-0.05, 0) is 25.0 Å². The van der Waals surface area contributed by atoms with E-state index < -0.39 is 0 Å². The van der Waals surface area contributed by atoms with Gasteiger partial charge in [0.1, 0.15) is 5.82 Å².